The van der Waals surface area contributed by atoms with Gasteiger partial charge < -0.3 is 9.47 Å². The van der Waals surface area contributed by atoms with Gasteiger partial charge in [-0.15, -0.1) is 0 Å². The quantitative estimate of drug-likeness (QED) is 0.787. The van der Waals surface area contributed by atoms with Gasteiger partial charge in [-0.3, -0.25) is 0 Å². The van der Waals surface area contributed by atoms with Gasteiger partial charge >= 0.3 is 0 Å². The third-order valence-corrected chi connectivity index (χ3v) is 3.70. The smallest absolute Gasteiger partial charge is 0.203 e. The Balaban J connectivity index is 2.03. The van der Waals surface area contributed by atoms with E-state index in [0.29, 0.717) is 12.5 Å². The molecule has 0 saturated heterocycles. The lowest BCUT2D eigenvalue weighted by Crippen LogP contribution is -2.30. The molecule has 1 heterocycles. The second-order valence-corrected chi connectivity index (χ2v) is 7.44. The van der Waals surface area contributed by atoms with Crippen LogP contribution in [-0.2, 0) is 15.9 Å². The van der Waals surface area contributed by atoms with Crippen molar-refractivity contribution in [1.82, 2.24) is 0 Å². The van der Waals surface area contributed by atoms with Crippen LogP contribution in [0.15, 0.2) is 36.6 Å². The van der Waals surface area contributed by atoms with E-state index >= 15 is 0 Å². The maximum absolute atomic E-state index is 5.94. The van der Waals surface area contributed by atoms with Crippen molar-refractivity contribution in [3.05, 3.63) is 47.7 Å². The Morgan fingerprint density at radius 3 is 2.38 bits per heavy atom. The highest BCUT2D eigenvalue weighted by atomic mass is 16.7. The molecule has 21 heavy (non-hydrogen) atoms. The predicted molar refractivity (Wildman–Crippen MR) is 87.1 cm³/mol. The summed E-state index contributed by atoms with van der Waals surface area (Å²) in [7, 11) is 0. The number of hydrogen-bond donors (Lipinski definition) is 0. The second kappa shape index (κ2) is 6.65. The lowest BCUT2D eigenvalue weighted by Gasteiger charge is -2.28. The number of rotatable bonds is 3. The zero-order valence-corrected chi connectivity index (χ0v) is 13.9. The fourth-order valence-electron chi connectivity index (χ4n) is 2.53. The first-order valence-electron chi connectivity index (χ1n) is 7.89. The summed E-state index contributed by atoms with van der Waals surface area (Å²) >= 11 is 0. The molecule has 1 aromatic rings. The van der Waals surface area contributed by atoms with Crippen molar-refractivity contribution in [2.24, 2.45) is 11.3 Å². The van der Waals surface area contributed by atoms with Gasteiger partial charge in [-0.05, 0) is 29.5 Å². The molecule has 2 unspecified atom stereocenters. The molecule has 0 amide bonds. The van der Waals surface area contributed by atoms with E-state index in [1.54, 1.807) is 6.26 Å². The van der Waals surface area contributed by atoms with Gasteiger partial charge in [0.1, 0.15) is 0 Å². The first-order chi connectivity index (χ1) is 9.86. The highest BCUT2D eigenvalue weighted by molar-refractivity contribution is 5.28. The maximum Gasteiger partial charge on any atom is 0.203 e. The SMILES string of the molecule is CC(C)Cc1ccc(C2C=COC(C(C)(C)C)OC2)cc1. The van der Waals surface area contributed by atoms with Crippen LogP contribution in [0, 0.1) is 11.3 Å². The minimum Gasteiger partial charge on any atom is -0.472 e. The molecule has 2 rings (SSSR count). The molecular weight excluding hydrogens is 260 g/mol. The first-order valence-corrected chi connectivity index (χ1v) is 7.89. The predicted octanol–water partition coefficient (Wildman–Crippen LogP) is 4.90. The molecular formula is C19H28O2. The van der Waals surface area contributed by atoms with E-state index in [-0.39, 0.29) is 17.6 Å². The van der Waals surface area contributed by atoms with E-state index in [1.807, 2.05) is 0 Å². The summed E-state index contributed by atoms with van der Waals surface area (Å²) in [6, 6.07) is 8.90. The van der Waals surface area contributed by atoms with Crippen LogP contribution in [0.5, 0.6) is 0 Å². The van der Waals surface area contributed by atoms with Crippen LogP contribution >= 0.6 is 0 Å². The molecule has 1 aromatic carbocycles. The molecule has 0 aliphatic carbocycles. The monoisotopic (exact) mass is 288 g/mol. The van der Waals surface area contributed by atoms with Crippen molar-refractivity contribution in [3.63, 3.8) is 0 Å². The molecule has 0 saturated carbocycles. The summed E-state index contributed by atoms with van der Waals surface area (Å²) in [5, 5.41) is 0. The number of ether oxygens (including phenoxy) is 2. The highest BCUT2D eigenvalue weighted by Gasteiger charge is 2.29. The summed E-state index contributed by atoms with van der Waals surface area (Å²) in [6.45, 7) is 11.6. The minimum atomic E-state index is -0.182. The lowest BCUT2D eigenvalue weighted by molar-refractivity contribution is -0.159. The van der Waals surface area contributed by atoms with Gasteiger partial charge in [0.2, 0.25) is 6.29 Å². The van der Waals surface area contributed by atoms with Crippen molar-refractivity contribution < 1.29 is 9.47 Å². The third kappa shape index (κ3) is 4.60. The molecule has 2 nitrogen and oxygen atoms in total. The Hall–Kier alpha value is -1.28. The fourth-order valence-corrected chi connectivity index (χ4v) is 2.53. The topological polar surface area (TPSA) is 18.5 Å². The molecule has 0 radical (unpaired) electrons. The van der Waals surface area contributed by atoms with Gasteiger partial charge in [-0.1, -0.05) is 58.9 Å². The van der Waals surface area contributed by atoms with E-state index in [2.05, 4.69) is 65.0 Å². The van der Waals surface area contributed by atoms with Gasteiger partial charge in [0.25, 0.3) is 0 Å². The molecule has 0 spiro atoms. The summed E-state index contributed by atoms with van der Waals surface area (Å²) in [6.07, 6.45) is 4.85. The summed E-state index contributed by atoms with van der Waals surface area (Å²) < 4.78 is 11.6. The van der Waals surface area contributed by atoms with Crippen LogP contribution in [0.4, 0.5) is 0 Å². The molecule has 1 aliphatic rings. The second-order valence-electron chi connectivity index (χ2n) is 7.44. The zero-order chi connectivity index (χ0) is 15.5. The average Bonchev–Trinajstić information content (AvgIpc) is 2.64. The van der Waals surface area contributed by atoms with E-state index in [4.69, 9.17) is 9.47 Å². The molecule has 1 aliphatic heterocycles. The molecule has 0 N–H and O–H groups in total. The molecule has 2 atom stereocenters. The molecule has 0 fully saturated rings. The number of hydrogen-bond acceptors (Lipinski definition) is 2. The summed E-state index contributed by atoms with van der Waals surface area (Å²) in [5.74, 6) is 0.961. The van der Waals surface area contributed by atoms with Crippen LogP contribution < -0.4 is 0 Å². The Morgan fingerprint density at radius 1 is 1.14 bits per heavy atom. The first kappa shape index (κ1) is 16.1. The Kier molecular flexibility index (Phi) is 5.10. The Morgan fingerprint density at radius 2 is 1.81 bits per heavy atom. The van der Waals surface area contributed by atoms with E-state index in [0.717, 1.165) is 6.42 Å². The van der Waals surface area contributed by atoms with Crippen molar-refractivity contribution in [3.8, 4) is 0 Å². The summed E-state index contributed by atoms with van der Waals surface area (Å²) in [4.78, 5) is 0. The Labute approximate surface area is 129 Å². The molecule has 2 heteroatoms. The van der Waals surface area contributed by atoms with Crippen LogP contribution in [0.3, 0.4) is 0 Å². The normalized spacial score (nSPS) is 23.0. The highest BCUT2D eigenvalue weighted by Crippen LogP contribution is 2.29. The maximum atomic E-state index is 5.94. The molecule has 116 valence electrons. The van der Waals surface area contributed by atoms with E-state index < -0.39 is 0 Å². The van der Waals surface area contributed by atoms with Crippen LogP contribution in [0.2, 0.25) is 0 Å². The van der Waals surface area contributed by atoms with Crippen molar-refractivity contribution in [2.45, 2.75) is 53.2 Å². The number of benzene rings is 1. The van der Waals surface area contributed by atoms with Crippen LogP contribution in [0.1, 0.15) is 51.7 Å². The molecule has 0 bridgehead atoms. The van der Waals surface area contributed by atoms with Crippen LogP contribution in [-0.4, -0.2) is 12.9 Å². The summed E-state index contributed by atoms with van der Waals surface area (Å²) in [5.41, 5.74) is 2.67. The van der Waals surface area contributed by atoms with Crippen molar-refractivity contribution in [2.75, 3.05) is 6.61 Å². The average molecular weight is 288 g/mol. The van der Waals surface area contributed by atoms with Crippen molar-refractivity contribution >= 4 is 0 Å². The van der Waals surface area contributed by atoms with Crippen molar-refractivity contribution in [1.29, 1.82) is 0 Å². The van der Waals surface area contributed by atoms with Gasteiger partial charge in [-0.25, -0.2) is 0 Å². The molecule has 0 aromatic heterocycles. The standard InChI is InChI=1S/C19H28O2/c1-14(2)12-15-6-8-16(9-7-15)17-10-11-20-18(21-13-17)19(3,4)5/h6-11,14,17-18H,12-13H2,1-5H3. The van der Waals surface area contributed by atoms with Gasteiger partial charge in [-0.2, -0.15) is 0 Å². The minimum absolute atomic E-state index is 0.0135. The Bertz CT molecular complexity index is 465. The van der Waals surface area contributed by atoms with Crippen LogP contribution in [0.25, 0.3) is 0 Å². The zero-order valence-electron chi connectivity index (χ0n) is 13.9. The fraction of sp³-hybridized carbons (Fsp3) is 0.579. The largest absolute Gasteiger partial charge is 0.472 e. The lowest BCUT2D eigenvalue weighted by atomic mass is 9.95. The van der Waals surface area contributed by atoms with Gasteiger partial charge in [0, 0.05) is 11.3 Å². The van der Waals surface area contributed by atoms with E-state index in [9.17, 15) is 0 Å². The van der Waals surface area contributed by atoms with Gasteiger partial charge in [0.15, 0.2) is 0 Å². The third-order valence-electron chi connectivity index (χ3n) is 3.70. The van der Waals surface area contributed by atoms with Gasteiger partial charge in [0.05, 0.1) is 12.9 Å². The van der Waals surface area contributed by atoms with E-state index in [1.165, 1.54) is 11.1 Å².